The van der Waals surface area contributed by atoms with Gasteiger partial charge in [0.25, 0.3) is 17.4 Å². The number of H-pyrrole nitrogens is 2. The third-order valence-corrected chi connectivity index (χ3v) is 3.49. The molecule has 0 unspecified atom stereocenters. The average molecular weight is 325 g/mol. The summed E-state index contributed by atoms with van der Waals surface area (Å²) in [5.41, 5.74) is 1.03. The predicted molar refractivity (Wildman–Crippen MR) is 89.1 cm³/mol. The number of hydrogen-bond donors (Lipinski definition) is 3. The maximum Gasteiger partial charge on any atom is 0.261 e. The second-order valence-corrected chi connectivity index (χ2v) is 5.39. The first-order valence-corrected chi connectivity index (χ1v) is 7.15. The minimum absolute atomic E-state index is 0.168. The van der Waals surface area contributed by atoms with Crippen molar-refractivity contribution in [2.45, 2.75) is 0 Å². The zero-order valence-electron chi connectivity index (χ0n) is 13.1. The largest absolute Gasteiger partial charge is 0.345 e. The molecule has 1 aromatic carbocycles. The number of aromatic amines is 2. The number of nitrogens with zero attached hydrogens (tertiary/aromatic N) is 2. The number of aromatic nitrogens is 3. The van der Waals surface area contributed by atoms with Gasteiger partial charge >= 0.3 is 0 Å². The molecule has 0 atom stereocenters. The summed E-state index contributed by atoms with van der Waals surface area (Å²) in [5, 5.41) is 2.88. The van der Waals surface area contributed by atoms with Crippen molar-refractivity contribution < 1.29 is 9.59 Å². The average Bonchev–Trinajstić information content (AvgIpc) is 3.00. The number of benzene rings is 1. The number of amides is 2. The molecule has 2 heterocycles. The summed E-state index contributed by atoms with van der Waals surface area (Å²) >= 11 is 0. The topological polar surface area (TPSA) is 111 Å². The van der Waals surface area contributed by atoms with E-state index in [9.17, 15) is 14.4 Å². The molecule has 0 spiro atoms. The van der Waals surface area contributed by atoms with Crippen LogP contribution in [0, 0.1) is 0 Å². The lowest BCUT2D eigenvalue weighted by Crippen LogP contribution is -2.22. The molecule has 0 saturated carbocycles. The minimum atomic E-state index is -0.464. The molecular weight excluding hydrogens is 310 g/mol. The highest BCUT2D eigenvalue weighted by Crippen LogP contribution is 2.16. The lowest BCUT2D eigenvalue weighted by molar-refractivity contribution is 0.0827. The van der Waals surface area contributed by atoms with E-state index in [0.29, 0.717) is 16.9 Å². The Balaban J connectivity index is 1.91. The zero-order valence-corrected chi connectivity index (χ0v) is 13.1. The number of nitrogens with one attached hydrogen (secondary N) is 3. The molecule has 8 heteroatoms. The first-order chi connectivity index (χ1) is 11.5. The predicted octanol–water partition coefficient (Wildman–Crippen LogP) is 1.21. The highest BCUT2D eigenvalue weighted by atomic mass is 16.2. The van der Waals surface area contributed by atoms with Crippen molar-refractivity contribution in [2.24, 2.45) is 0 Å². The van der Waals surface area contributed by atoms with E-state index in [4.69, 9.17) is 0 Å². The Labute approximate surface area is 136 Å². The molecule has 0 aliphatic carbocycles. The Morgan fingerprint density at radius 2 is 2.00 bits per heavy atom. The standard InChI is InChI=1S/C16H15N5O3/c1-21(2)16(24)9-4-3-5-10(6-9)20-14(22)11-7-17-13-12(11)15(23)19-8-18-13/h3-8H,1-2H3,(H,20,22)(H2,17,18,19,23). The van der Waals surface area contributed by atoms with E-state index >= 15 is 0 Å². The Kier molecular flexibility index (Phi) is 3.87. The van der Waals surface area contributed by atoms with Gasteiger partial charge in [0, 0.05) is 31.5 Å². The molecule has 122 valence electrons. The number of rotatable bonds is 3. The van der Waals surface area contributed by atoms with Gasteiger partial charge < -0.3 is 20.2 Å². The van der Waals surface area contributed by atoms with Gasteiger partial charge in [0.1, 0.15) is 5.65 Å². The quantitative estimate of drug-likeness (QED) is 0.672. The summed E-state index contributed by atoms with van der Waals surface area (Å²) in [5.74, 6) is -0.631. The summed E-state index contributed by atoms with van der Waals surface area (Å²) in [6.45, 7) is 0. The van der Waals surface area contributed by atoms with Crippen LogP contribution < -0.4 is 10.9 Å². The van der Waals surface area contributed by atoms with Crippen LogP contribution in [0.3, 0.4) is 0 Å². The molecule has 0 radical (unpaired) electrons. The molecule has 0 aliphatic heterocycles. The van der Waals surface area contributed by atoms with Crippen molar-refractivity contribution >= 4 is 28.5 Å². The molecule has 0 saturated heterocycles. The fourth-order valence-corrected chi connectivity index (χ4v) is 2.34. The Bertz CT molecular complexity index is 987. The highest BCUT2D eigenvalue weighted by Gasteiger charge is 2.16. The lowest BCUT2D eigenvalue weighted by Gasteiger charge is -2.11. The Morgan fingerprint density at radius 1 is 1.21 bits per heavy atom. The number of fused-ring (bicyclic) bond motifs is 1. The SMILES string of the molecule is CN(C)C(=O)c1cccc(NC(=O)c2c[nH]c3nc[nH]c(=O)c23)c1. The summed E-state index contributed by atoms with van der Waals surface area (Å²) in [6.07, 6.45) is 2.69. The summed E-state index contributed by atoms with van der Waals surface area (Å²) in [4.78, 5) is 47.0. The van der Waals surface area contributed by atoms with Crippen LogP contribution in [0.5, 0.6) is 0 Å². The normalized spacial score (nSPS) is 10.6. The smallest absolute Gasteiger partial charge is 0.261 e. The third kappa shape index (κ3) is 2.76. The molecule has 0 fully saturated rings. The van der Waals surface area contributed by atoms with Gasteiger partial charge in [-0.15, -0.1) is 0 Å². The molecule has 2 amide bonds. The van der Waals surface area contributed by atoms with Gasteiger partial charge in [0.2, 0.25) is 0 Å². The molecule has 2 aromatic heterocycles. The number of carbonyl (C=O) groups excluding carboxylic acids is 2. The summed E-state index contributed by atoms with van der Waals surface area (Å²) < 4.78 is 0. The van der Waals surface area contributed by atoms with Gasteiger partial charge in [-0.3, -0.25) is 14.4 Å². The molecule has 0 bridgehead atoms. The highest BCUT2D eigenvalue weighted by molar-refractivity contribution is 6.12. The van der Waals surface area contributed by atoms with E-state index in [1.807, 2.05) is 0 Å². The van der Waals surface area contributed by atoms with Crippen LogP contribution in [0.25, 0.3) is 11.0 Å². The molecule has 0 aliphatic rings. The number of hydrogen-bond acceptors (Lipinski definition) is 4. The summed E-state index contributed by atoms with van der Waals surface area (Å²) in [6, 6.07) is 6.59. The second-order valence-electron chi connectivity index (χ2n) is 5.39. The maximum absolute atomic E-state index is 12.4. The van der Waals surface area contributed by atoms with Gasteiger partial charge in [0.15, 0.2) is 0 Å². The van der Waals surface area contributed by atoms with E-state index < -0.39 is 11.5 Å². The minimum Gasteiger partial charge on any atom is -0.345 e. The lowest BCUT2D eigenvalue weighted by atomic mass is 10.1. The van der Waals surface area contributed by atoms with Crippen LogP contribution in [0.1, 0.15) is 20.7 Å². The Hall–Kier alpha value is -3.42. The van der Waals surface area contributed by atoms with Crippen molar-refractivity contribution in [2.75, 3.05) is 19.4 Å². The Morgan fingerprint density at radius 3 is 2.75 bits per heavy atom. The van der Waals surface area contributed by atoms with Crippen molar-refractivity contribution in [3.63, 3.8) is 0 Å². The van der Waals surface area contributed by atoms with Gasteiger partial charge in [-0.2, -0.15) is 0 Å². The van der Waals surface area contributed by atoms with E-state index in [1.165, 1.54) is 17.4 Å². The molecule has 3 rings (SSSR count). The van der Waals surface area contributed by atoms with Crippen molar-refractivity contribution in [3.8, 4) is 0 Å². The third-order valence-electron chi connectivity index (χ3n) is 3.49. The van der Waals surface area contributed by atoms with Gasteiger partial charge in [-0.05, 0) is 18.2 Å². The van der Waals surface area contributed by atoms with Crippen LogP contribution in [0.15, 0.2) is 41.6 Å². The first kappa shape index (κ1) is 15.5. The molecule has 8 nitrogen and oxygen atoms in total. The van der Waals surface area contributed by atoms with Crippen LogP contribution in [0.4, 0.5) is 5.69 Å². The molecule has 3 aromatic rings. The zero-order chi connectivity index (χ0) is 17.3. The van der Waals surface area contributed by atoms with Crippen LogP contribution in [-0.2, 0) is 0 Å². The van der Waals surface area contributed by atoms with E-state index in [0.717, 1.165) is 0 Å². The fourth-order valence-electron chi connectivity index (χ4n) is 2.34. The van der Waals surface area contributed by atoms with Crippen molar-refractivity contribution in [1.29, 1.82) is 0 Å². The maximum atomic E-state index is 12.4. The van der Waals surface area contributed by atoms with Crippen molar-refractivity contribution in [3.05, 3.63) is 58.3 Å². The first-order valence-electron chi connectivity index (χ1n) is 7.15. The second kappa shape index (κ2) is 5.99. The van der Waals surface area contributed by atoms with E-state index in [2.05, 4.69) is 20.3 Å². The van der Waals surface area contributed by atoms with Crippen molar-refractivity contribution in [1.82, 2.24) is 19.9 Å². The number of carbonyl (C=O) groups is 2. The van der Waals surface area contributed by atoms with Gasteiger partial charge in [-0.25, -0.2) is 4.98 Å². The van der Waals surface area contributed by atoms with Gasteiger partial charge in [0.05, 0.1) is 17.3 Å². The van der Waals surface area contributed by atoms with E-state index in [1.54, 1.807) is 38.4 Å². The van der Waals surface area contributed by atoms with Gasteiger partial charge in [-0.1, -0.05) is 6.07 Å². The number of anilines is 1. The van der Waals surface area contributed by atoms with Crippen LogP contribution >= 0.6 is 0 Å². The van der Waals surface area contributed by atoms with Crippen LogP contribution in [0.2, 0.25) is 0 Å². The monoisotopic (exact) mass is 325 g/mol. The molecule has 24 heavy (non-hydrogen) atoms. The van der Waals surface area contributed by atoms with E-state index in [-0.39, 0.29) is 16.9 Å². The summed E-state index contributed by atoms with van der Waals surface area (Å²) in [7, 11) is 3.30. The van der Waals surface area contributed by atoms with Crippen LogP contribution in [-0.4, -0.2) is 45.8 Å². The molecule has 3 N–H and O–H groups in total. The molecular formula is C16H15N5O3. The fraction of sp³-hybridized carbons (Fsp3) is 0.125.